The van der Waals surface area contributed by atoms with Gasteiger partial charge in [-0.15, -0.1) is 0 Å². The fraction of sp³-hybridized carbons (Fsp3) is 0.267. The second-order valence-electron chi connectivity index (χ2n) is 5.95. The molecule has 0 atom stereocenters. The second-order valence-corrected chi connectivity index (χ2v) is 9.40. The summed E-state index contributed by atoms with van der Waals surface area (Å²) in [6.45, 7) is 2.70. The second kappa shape index (κ2) is 7.08. The van der Waals surface area contributed by atoms with Crippen molar-refractivity contribution in [3.8, 4) is 0 Å². The third kappa shape index (κ3) is 5.49. The molecule has 0 spiro atoms. The topological polar surface area (TPSA) is 125 Å². The van der Waals surface area contributed by atoms with Gasteiger partial charge < -0.3 is 5.11 Å². The van der Waals surface area contributed by atoms with Gasteiger partial charge in [0.2, 0.25) is 10.0 Å². The van der Waals surface area contributed by atoms with Crippen LogP contribution in [-0.4, -0.2) is 39.1 Å². The molecule has 1 heterocycles. The van der Waals surface area contributed by atoms with Gasteiger partial charge in [-0.05, 0) is 44.2 Å². The van der Waals surface area contributed by atoms with Crippen LogP contribution in [0.4, 0.5) is 5.69 Å². The molecule has 0 saturated carbocycles. The van der Waals surface area contributed by atoms with E-state index in [-0.39, 0.29) is 16.3 Å². The van der Waals surface area contributed by atoms with Gasteiger partial charge in [-0.1, -0.05) is 6.07 Å². The minimum absolute atomic E-state index is 0.199. The monoisotopic (exact) mass is 385 g/mol. The van der Waals surface area contributed by atoms with Gasteiger partial charge in [-0.25, -0.2) is 21.6 Å². The van der Waals surface area contributed by atoms with Crippen LogP contribution < -0.4 is 9.44 Å². The zero-order chi connectivity index (χ0) is 18.7. The Labute approximate surface area is 147 Å². The third-order valence-electron chi connectivity index (χ3n) is 3.05. The van der Waals surface area contributed by atoms with Crippen molar-refractivity contribution in [2.75, 3.05) is 11.3 Å². The third-order valence-corrected chi connectivity index (χ3v) is 5.83. The zero-order valence-corrected chi connectivity index (χ0v) is 15.3. The molecule has 0 amide bonds. The Hall–Kier alpha value is -2.01. The molecule has 0 bridgehead atoms. The van der Waals surface area contributed by atoms with Crippen molar-refractivity contribution in [1.29, 1.82) is 0 Å². The number of hydrogen-bond donors (Lipinski definition) is 3. The molecule has 0 unspecified atom stereocenters. The summed E-state index contributed by atoms with van der Waals surface area (Å²) < 4.78 is 54.0. The molecule has 0 fully saturated rings. The number of pyridine rings is 1. The molecule has 0 saturated heterocycles. The van der Waals surface area contributed by atoms with Crippen LogP contribution in [0, 0.1) is 0 Å². The molecule has 2 rings (SSSR count). The van der Waals surface area contributed by atoms with Gasteiger partial charge in [-0.3, -0.25) is 9.71 Å². The normalized spacial score (nSPS) is 12.8. The van der Waals surface area contributed by atoms with Gasteiger partial charge in [0.25, 0.3) is 10.0 Å². The molecule has 25 heavy (non-hydrogen) atoms. The van der Waals surface area contributed by atoms with Crippen molar-refractivity contribution < 1.29 is 21.9 Å². The minimum Gasteiger partial charge on any atom is -0.389 e. The van der Waals surface area contributed by atoms with Crippen molar-refractivity contribution in [3.63, 3.8) is 0 Å². The standard InChI is InChI=1S/C15H19N3O5S2/c1-15(2,19)11-17-24(20,21)13-4-3-5-14(10-13)25(22,23)18-12-6-8-16-9-7-12/h3-10,17,19H,11H2,1-2H3,(H,16,18). The highest BCUT2D eigenvalue weighted by Gasteiger charge is 2.22. The lowest BCUT2D eigenvalue weighted by atomic mass is 10.1. The number of rotatable bonds is 7. The molecule has 10 heteroatoms. The van der Waals surface area contributed by atoms with Gasteiger partial charge in [-0.2, -0.15) is 0 Å². The van der Waals surface area contributed by atoms with E-state index in [4.69, 9.17) is 0 Å². The quantitative estimate of drug-likeness (QED) is 0.651. The lowest BCUT2D eigenvalue weighted by molar-refractivity contribution is 0.0857. The Morgan fingerprint density at radius 1 is 1.00 bits per heavy atom. The maximum absolute atomic E-state index is 12.4. The molecule has 1 aromatic heterocycles. The van der Waals surface area contributed by atoms with Crippen LogP contribution in [-0.2, 0) is 20.0 Å². The van der Waals surface area contributed by atoms with E-state index in [0.717, 1.165) is 6.07 Å². The van der Waals surface area contributed by atoms with E-state index in [2.05, 4.69) is 14.4 Å². The Balaban J connectivity index is 2.29. The number of sulfonamides is 2. The first-order valence-electron chi connectivity index (χ1n) is 7.25. The first kappa shape index (κ1) is 19.3. The van der Waals surface area contributed by atoms with Crippen molar-refractivity contribution in [1.82, 2.24) is 9.71 Å². The average molecular weight is 385 g/mol. The Morgan fingerprint density at radius 3 is 2.12 bits per heavy atom. The van der Waals surface area contributed by atoms with Crippen molar-refractivity contribution in [2.45, 2.75) is 29.2 Å². The van der Waals surface area contributed by atoms with Crippen LogP contribution >= 0.6 is 0 Å². The number of aliphatic hydroxyl groups is 1. The summed E-state index contributed by atoms with van der Waals surface area (Å²) in [7, 11) is -7.92. The minimum atomic E-state index is -3.96. The van der Waals surface area contributed by atoms with E-state index in [9.17, 15) is 21.9 Å². The predicted molar refractivity (Wildman–Crippen MR) is 93.0 cm³/mol. The SMILES string of the molecule is CC(C)(O)CNS(=O)(=O)c1cccc(S(=O)(=O)Nc2ccncc2)c1. The van der Waals surface area contributed by atoms with E-state index in [1.165, 1.54) is 56.6 Å². The van der Waals surface area contributed by atoms with Crippen LogP contribution in [0.25, 0.3) is 0 Å². The number of hydrogen-bond acceptors (Lipinski definition) is 6. The van der Waals surface area contributed by atoms with E-state index >= 15 is 0 Å². The highest BCUT2D eigenvalue weighted by atomic mass is 32.2. The lowest BCUT2D eigenvalue weighted by Crippen LogP contribution is -2.38. The smallest absolute Gasteiger partial charge is 0.261 e. The molecule has 1 aromatic carbocycles. The van der Waals surface area contributed by atoms with Crippen LogP contribution in [0.3, 0.4) is 0 Å². The maximum atomic E-state index is 12.4. The first-order chi connectivity index (χ1) is 11.5. The Morgan fingerprint density at radius 2 is 1.56 bits per heavy atom. The zero-order valence-electron chi connectivity index (χ0n) is 13.7. The van der Waals surface area contributed by atoms with Gasteiger partial charge in [0.05, 0.1) is 21.1 Å². The van der Waals surface area contributed by atoms with Gasteiger partial charge in [0.15, 0.2) is 0 Å². The van der Waals surface area contributed by atoms with Crippen molar-refractivity contribution in [3.05, 3.63) is 48.8 Å². The molecular weight excluding hydrogens is 366 g/mol. The predicted octanol–water partition coefficient (Wildman–Crippen LogP) is 0.932. The van der Waals surface area contributed by atoms with Gasteiger partial charge in [0.1, 0.15) is 0 Å². The van der Waals surface area contributed by atoms with Gasteiger partial charge >= 0.3 is 0 Å². The molecule has 136 valence electrons. The molecule has 3 N–H and O–H groups in total. The molecule has 8 nitrogen and oxygen atoms in total. The van der Waals surface area contributed by atoms with E-state index in [1.807, 2.05) is 0 Å². The summed E-state index contributed by atoms with van der Waals surface area (Å²) in [6.07, 6.45) is 2.86. The fourth-order valence-corrected chi connectivity index (χ4v) is 4.23. The molecule has 0 aliphatic rings. The molecule has 0 aliphatic heterocycles. The summed E-state index contributed by atoms with van der Waals surface area (Å²) in [6, 6.07) is 7.90. The number of benzene rings is 1. The number of nitrogens with zero attached hydrogens (tertiary/aromatic N) is 1. The highest BCUT2D eigenvalue weighted by molar-refractivity contribution is 7.93. The lowest BCUT2D eigenvalue weighted by Gasteiger charge is -2.18. The van der Waals surface area contributed by atoms with Crippen LogP contribution in [0.5, 0.6) is 0 Å². The largest absolute Gasteiger partial charge is 0.389 e. The van der Waals surface area contributed by atoms with Crippen molar-refractivity contribution in [2.24, 2.45) is 0 Å². The molecule has 0 aliphatic carbocycles. The number of nitrogens with one attached hydrogen (secondary N) is 2. The summed E-state index contributed by atoms with van der Waals surface area (Å²) in [5.41, 5.74) is -0.928. The first-order valence-corrected chi connectivity index (χ1v) is 10.2. The van der Waals surface area contributed by atoms with Crippen LogP contribution in [0.15, 0.2) is 58.6 Å². The molecular formula is C15H19N3O5S2. The Bertz CT molecular complexity index is 937. The summed E-state index contributed by atoms with van der Waals surface area (Å²) >= 11 is 0. The Kier molecular flexibility index (Phi) is 5.47. The fourth-order valence-electron chi connectivity index (χ4n) is 1.80. The van der Waals surface area contributed by atoms with E-state index < -0.39 is 25.6 Å². The van der Waals surface area contributed by atoms with Gasteiger partial charge in [0, 0.05) is 18.9 Å². The van der Waals surface area contributed by atoms with Crippen LogP contribution in [0.2, 0.25) is 0 Å². The maximum Gasteiger partial charge on any atom is 0.261 e. The number of anilines is 1. The van der Waals surface area contributed by atoms with Crippen molar-refractivity contribution >= 4 is 25.7 Å². The summed E-state index contributed by atoms with van der Waals surface area (Å²) in [4.78, 5) is 3.38. The van der Waals surface area contributed by atoms with Crippen LogP contribution in [0.1, 0.15) is 13.8 Å². The van der Waals surface area contributed by atoms with E-state index in [0.29, 0.717) is 5.69 Å². The van der Waals surface area contributed by atoms with E-state index in [1.54, 1.807) is 0 Å². The summed E-state index contributed by atoms with van der Waals surface area (Å²) in [5, 5.41) is 9.64. The summed E-state index contributed by atoms with van der Waals surface area (Å²) in [5.74, 6) is 0. The number of aromatic nitrogens is 1. The molecule has 0 radical (unpaired) electrons. The average Bonchev–Trinajstić information content (AvgIpc) is 2.53. The molecule has 2 aromatic rings. The highest BCUT2D eigenvalue weighted by Crippen LogP contribution is 2.19.